The lowest BCUT2D eigenvalue weighted by molar-refractivity contribution is -0.113. The van der Waals surface area contributed by atoms with Gasteiger partial charge >= 0.3 is 0 Å². The first-order chi connectivity index (χ1) is 12.0. The molecule has 0 bridgehead atoms. The summed E-state index contributed by atoms with van der Waals surface area (Å²) in [5, 5.41) is 0.571. The number of carbonyl (C=O) groups excluding carboxylic acids is 1. The van der Waals surface area contributed by atoms with Gasteiger partial charge in [-0.3, -0.25) is 9.69 Å². The number of anilines is 1. The summed E-state index contributed by atoms with van der Waals surface area (Å²) < 4.78 is 13.2. The molecule has 3 nitrogen and oxygen atoms in total. The summed E-state index contributed by atoms with van der Waals surface area (Å²) in [6.07, 6.45) is 1.76. The highest BCUT2D eigenvalue weighted by molar-refractivity contribution is 8.14. The van der Waals surface area contributed by atoms with Crippen LogP contribution in [0.5, 0.6) is 0 Å². The summed E-state index contributed by atoms with van der Waals surface area (Å²) in [5.41, 5.74) is 2.84. The molecule has 2 aromatic carbocycles. The average Bonchev–Trinajstić information content (AvgIpc) is 2.91. The third-order valence-electron chi connectivity index (χ3n) is 3.47. The maximum atomic E-state index is 13.2. The van der Waals surface area contributed by atoms with Crippen molar-refractivity contribution in [2.45, 2.75) is 6.92 Å². The second-order valence-corrected chi connectivity index (χ2v) is 6.64. The van der Waals surface area contributed by atoms with E-state index in [1.165, 1.54) is 28.8 Å². The van der Waals surface area contributed by atoms with Crippen LogP contribution in [-0.2, 0) is 4.79 Å². The lowest BCUT2D eigenvalue weighted by Gasteiger charge is -2.17. The molecule has 0 spiro atoms. The molecule has 0 N–H and O–H groups in total. The number of rotatable bonds is 4. The Kier molecular flexibility index (Phi) is 5.14. The van der Waals surface area contributed by atoms with Gasteiger partial charge < -0.3 is 0 Å². The van der Waals surface area contributed by atoms with Crippen molar-refractivity contribution in [2.75, 3.05) is 10.7 Å². The van der Waals surface area contributed by atoms with Gasteiger partial charge in [-0.25, -0.2) is 9.38 Å². The number of amidine groups is 1. The van der Waals surface area contributed by atoms with Crippen LogP contribution in [0.2, 0.25) is 0 Å². The fourth-order valence-corrected chi connectivity index (χ4v) is 3.16. The van der Waals surface area contributed by atoms with Gasteiger partial charge in [0.25, 0.3) is 5.91 Å². The monoisotopic (exact) mass is 352 g/mol. The number of amides is 1. The molecule has 1 heterocycles. The Labute approximate surface area is 150 Å². The number of aliphatic imine (C=N–C) groups is 1. The predicted molar refractivity (Wildman–Crippen MR) is 103 cm³/mol. The van der Waals surface area contributed by atoms with Gasteiger partial charge in [0.1, 0.15) is 11.5 Å². The second kappa shape index (κ2) is 7.49. The van der Waals surface area contributed by atoms with E-state index in [1.807, 2.05) is 37.3 Å². The largest absolute Gasteiger partial charge is 0.283 e. The number of benzene rings is 2. The van der Waals surface area contributed by atoms with E-state index in [2.05, 4.69) is 11.6 Å². The highest BCUT2D eigenvalue weighted by Crippen LogP contribution is 2.30. The molecule has 0 radical (unpaired) electrons. The Bertz CT molecular complexity index is 857. The fourth-order valence-electron chi connectivity index (χ4n) is 2.31. The molecule has 0 fully saturated rings. The minimum atomic E-state index is -0.344. The normalized spacial score (nSPS) is 15.6. The van der Waals surface area contributed by atoms with E-state index in [9.17, 15) is 9.18 Å². The topological polar surface area (TPSA) is 32.7 Å². The molecule has 0 aromatic heterocycles. The van der Waals surface area contributed by atoms with Crippen LogP contribution in [0.25, 0.3) is 6.08 Å². The molecule has 3 rings (SSSR count). The molecule has 1 aliphatic heterocycles. The Balaban J connectivity index is 1.97. The Morgan fingerprint density at radius 1 is 1.20 bits per heavy atom. The van der Waals surface area contributed by atoms with E-state index in [0.717, 1.165) is 11.1 Å². The SMILES string of the molecule is C=C(C)CSC1=N/C(=C\c2ccccc2)C(=O)N1c1ccc(F)cc1. The Hall–Kier alpha value is -2.66. The summed E-state index contributed by atoms with van der Waals surface area (Å²) in [6.45, 7) is 5.81. The van der Waals surface area contributed by atoms with Crippen LogP contribution in [-0.4, -0.2) is 16.8 Å². The number of nitrogens with zero attached hydrogens (tertiary/aromatic N) is 2. The summed E-state index contributed by atoms with van der Waals surface area (Å²) in [6, 6.07) is 15.4. The Morgan fingerprint density at radius 3 is 2.52 bits per heavy atom. The number of carbonyl (C=O) groups is 1. The molecule has 25 heavy (non-hydrogen) atoms. The van der Waals surface area contributed by atoms with Gasteiger partial charge in [-0.2, -0.15) is 0 Å². The molecule has 0 saturated heterocycles. The number of hydrogen-bond donors (Lipinski definition) is 0. The minimum Gasteiger partial charge on any atom is -0.266 e. The van der Waals surface area contributed by atoms with Crippen molar-refractivity contribution in [3.8, 4) is 0 Å². The summed E-state index contributed by atoms with van der Waals surface area (Å²) in [7, 11) is 0. The zero-order valence-electron chi connectivity index (χ0n) is 13.8. The van der Waals surface area contributed by atoms with E-state index in [4.69, 9.17) is 0 Å². The summed E-state index contributed by atoms with van der Waals surface area (Å²) in [5.74, 6) is 0.0887. The lowest BCUT2D eigenvalue weighted by atomic mass is 10.2. The highest BCUT2D eigenvalue weighted by Gasteiger charge is 2.31. The molecule has 2 aromatic rings. The van der Waals surface area contributed by atoms with Crippen LogP contribution in [0.3, 0.4) is 0 Å². The van der Waals surface area contributed by atoms with Crippen LogP contribution in [0.15, 0.2) is 77.4 Å². The van der Waals surface area contributed by atoms with E-state index in [1.54, 1.807) is 18.2 Å². The van der Waals surface area contributed by atoms with Gasteiger partial charge in [0.15, 0.2) is 5.17 Å². The van der Waals surface area contributed by atoms with Crippen molar-refractivity contribution in [1.29, 1.82) is 0 Å². The van der Waals surface area contributed by atoms with Crippen LogP contribution in [0.1, 0.15) is 12.5 Å². The van der Waals surface area contributed by atoms with Gasteiger partial charge in [0.2, 0.25) is 0 Å². The standard InChI is InChI=1S/C20H17FN2OS/c1-14(2)13-25-20-22-18(12-15-6-4-3-5-7-15)19(24)23(20)17-10-8-16(21)9-11-17/h3-12H,1,13H2,2H3/b18-12-. The summed E-state index contributed by atoms with van der Waals surface area (Å²) in [4.78, 5) is 18.9. The molecule has 0 saturated carbocycles. The number of thioether (sulfide) groups is 1. The lowest BCUT2D eigenvalue weighted by Crippen LogP contribution is -2.30. The van der Waals surface area contributed by atoms with Crippen molar-refractivity contribution >= 4 is 34.6 Å². The van der Waals surface area contributed by atoms with Crippen molar-refractivity contribution in [3.05, 3.63) is 83.8 Å². The van der Waals surface area contributed by atoms with Crippen LogP contribution < -0.4 is 4.90 Å². The van der Waals surface area contributed by atoms with E-state index < -0.39 is 0 Å². The van der Waals surface area contributed by atoms with Gasteiger partial charge in [0.05, 0.1) is 5.69 Å². The summed E-state index contributed by atoms with van der Waals surface area (Å²) >= 11 is 1.44. The average molecular weight is 352 g/mol. The highest BCUT2D eigenvalue weighted by atomic mass is 32.2. The van der Waals surface area contributed by atoms with E-state index in [0.29, 0.717) is 22.3 Å². The maximum Gasteiger partial charge on any atom is 0.283 e. The first-order valence-electron chi connectivity index (χ1n) is 7.77. The predicted octanol–water partition coefficient (Wildman–Crippen LogP) is 4.88. The molecule has 1 amide bonds. The zero-order chi connectivity index (χ0) is 17.8. The number of halogens is 1. The van der Waals surface area contributed by atoms with Gasteiger partial charge in [-0.1, -0.05) is 54.2 Å². The van der Waals surface area contributed by atoms with Gasteiger partial charge in [-0.05, 0) is 42.8 Å². The quantitative estimate of drug-likeness (QED) is 0.580. The molecule has 5 heteroatoms. The molecule has 0 atom stereocenters. The van der Waals surface area contributed by atoms with Gasteiger partial charge in [0, 0.05) is 5.75 Å². The molecule has 126 valence electrons. The zero-order valence-corrected chi connectivity index (χ0v) is 14.6. The van der Waals surface area contributed by atoms with Crippen LogP contribution in [0.4, 0.5) is 10.1 Å². The fraction of sp³-hybridized carbons (Fsp3) is 0.100. The van der Waals surface area contributed by atoms with Crippen molar-refractivity contribution in [1.82, 2.24) is 0 Å². The van der Waals surface area contributed by atoms with E-state index in [-0.39, 0.29) is 11.7 Å². The van der Waals surface area contributed by atoms with Crippen LogP contribution in [0, 0.1) is 5.82 Å². The maximum absolute atomic E-state index is 13.2. The molecule has 0 aliphatic carbocycles. The number of hydrogen-bond acceptors (Lipinski definition) is 3. The second-order valence-electron chi connectivity index (χ2n) is 5.70. The van der Waals surface area contributed by atoms with Gasteiger partial charge in [-0.15, -0.1) is 0 Å². The molecule has 1 aliphatic rings. The van der Waals surface area contributed by atoms with Crippen molar-refractivity contribution < 1.29 is 9.18 Å². The molecular formula is C20H17FN2OS. The molecule has 0 unspecified atom stereocenters. The first kappa shape index (κ1) is 17.2. The van der Waals surface area contributed by atoms with Crippen LogP contribution >= 0.6 is 11.8 Å². The third kappa shape index (κ3) is 4.06. The third-order valence-corrected chi connectivity index (χ3v) is 4.63. The Morgan fingerprint density at radius 2 is 1.88 bits per heavy atom. The van der Waals surface area contributed by atoms with Crippen molar-refractivity contribution in [3.63, 3.8) is 0 Å². The van der Waals surface area contributed by atoms with Crippen molar-refractivity contribution in [2.24, 2.45) is 4.99 Å². The molecular weight excluding hydrogens is 335 g/mol. The van der Waals surface area contributed by atoms with E-state index >= 15 is 0 Å². The minimum absolute atomic E-state index is 0.223. The smallest absolute Gasteiger partial charge is 0.266 e. The first-order valence-corrected chi connectivity index (χ1v) is 8.76.